The van der Waals surface area contributed by atoms with Crippen LogP contribution in [0.3, 0.4) is 0 Å². The van der Waals surface area contributed by atoms with Gasteiger partial charge in [0, 0.05) is 44.0 Å². The Morgan fingerprint density at radius 2 is 1.97 bits per heavy atom. The van der Waals surface area contributed by atoms with E-state index >= 15 is 0 Å². The number of fused-ring (bicyclic) bond motifs is 1. The molecule has 1 atom stereocenters. The van der Waals surface area contributed by atoms with E-state index in [4.69, 9.17) is 4.74 Å². The summed E-state index contributed by atoms with van der Waals surface area (Å²) in [6, 6.07) is 8.03. The van der Waals surface area contributed by atoms with Crippen molar-refractivity contribution < 1.29 is 9.53 Å². The predicted molar refractivity (Wildman–Crippen MR) is 109 cm³/mol. The van der Waals surface area contributed by atoms with Crippen LogP contribution in [-0.4, -0.2) is 76.9 Å². The third-order valence-electron chi connectivity index (χ3n) is 6.25. The van der Waals surface area contributed by atoms with Gasteiger partial charge in [-0.05, 0) is 38.1 Å². The average molecular weight is 396 g/mol. The highest BCUT2D eigenvalue weighted by Gasteiger charge is 2.35. The maximum absolute atomic E-state index is 13.4. The molecule has 154 valence electrons. The molecule has 8 heteroatoms. The molecule has 0 radical (unpaired) electrons. The molecule has 1 aromatic heterocycles. The van der Waals surface area contributed by atoms with Crippen molar-refractivity contribution in [3.05, 3.63) is 41.5 Å². The summed E-state index contributed by atoms with van der Waals surface area (Å²) >= 11 is 0. The van der Waals surface area contributed by atoms with Gasteiger partial charge in [-0.1, -0.05) is 6.07 Å². The van der Waals surface area contributed by atoms with Crippen LogP contribution in [0.1, 0.15) is 40.9 Å². The van der Waals surface area contributed by atoms with Crippen LogP contribution in [-0.2, 0) is 17.8 Å². The summed E-state index contributed by atoms with van der Waals surface area (Å²) in [5, 5.41) is 8.91. The molecule has 2 saturated heterocycles. The van der Waals surface area contributed by atoms with Crippen molar-refractivity contribution in [2.45, 2.75) is 32.0 Å². The van der Waals surface area contributed by atoms with Crippen molar-refractivity contribution in [2.75, 3.05) is 51.3 Å². The Kier molecular flexibility index (Phi) is 4.97. The molecule has 8 nitrogen and oxygen atoms in total. The lowest BCUT2D eigenvalue weighted by Gasteiger charge is -2.30. The Morgan fingerprint density at radius 1 is 1.10 bits per heavy atom. The molecule has 5 rings (SSSR count). The highest BCUT2D eigenvalue weighted by molar-refractivity contribution is 5.95. The fourth-order valence-corrected chi connectivity index (χ4v) is 4.65. The quantitative estimate of drug-likeness (QED) is 0.784. The van der Waals surface area contributed by atoms with Crippen LogP contribution in [0.25, 0.3) is 0 Å². The molecule has 0 bridgehead atoms. The number of hydrogen-bond donors (Lipinski definition) is 0. The highest BCUT2D eigenvalue weighted by atomic mass is 16.5. The Hall–Kier alpha value is -2.45. The molecule has 1 aromatic carbocycles. The van der Waals surface area contributed by atoms with Crippen molar-refractivity contribution in [2.24, 2.45) is 0 Å². The van der Waals surface area contributed by atoms with Crippen LogP contribution in [0.4, 0.5) is 5.69 Å². The fourth-order valence-electron chi connectivity index (χ4n) is 4.65. The highest BCUT2D eigenvalue weighted by Crippen LogP contribution is 2.33. The van der Waals surface area contributed by atoms with Gasteiger partial charge in [0.05, 0.1) is 25.8 Å². The molecule has 1 unspecified atom stereocenters. The summed E-state index contributed by atoms with van der Waals surface area (Å²) in [5.74, 6) is 2.04. The molecule has 2 aromatic rings. The summed E-state index contributed by atoms with van der Waals surface area (Å²) in [6.45, 7) is 6.66. The molecule has 3 aliphatic rings. The van der Waals surface area contributed by atoms with E-state index in [2.05, 4.69) is 37.7 Å². The molecule has 1 amide bonds. The Morgan fingerprint density at radius 3 is 2.83 bits per heavy atom. The maximum Gasteiger partial charge on any atom is 0.254 e. The van der Waals surface area contributed by atoms with Gasteiger partial charge in [-0.2, -0.15) is 0 Å². The Labute approximate surface area is 171 Å². The van der Waals surface area contributed by atoms with Gasteiger partial charge in [0.15, 0.2) is 5.82 Å². The lowest BCUT2D eigenvalue weighted by Crippen LogP contribution is -2.37. The zero-order valence-corrected chi connectivity index (χ0v) is 17.0. The topological polar surface area (TPSA) is 66.7 Å². The molecule has 29 heavy (non-hydrogen) atoms. The first kappa shape index (κ1) is 18.6. The molecule has 0 saturated carbocycles. The minimum atomic E-state index is 0.0131. The number of aromatic nitrogens is 3. The first-order valence-electron chi connectivity index (χ1n) is 10.5. The van der Waals surface area contributed by atoms with Crippen LogP contribution < -0.4 is 4.90 Å². The van der Waals surface area contributed by atoms with Crippen molar-refractivity contribution in [1.29, 1.82) is 0 Å². The number of benzene rings is 1. The van der Waals surface area contributed by atoms with Crippen LogP contribution in [0.2, 0.25) is 0 Å². The SMILES string of the molecule is CN1CCn2c(nnc2C2CCCN2C(=O)c2cccc(N3CCOCC3)c2)C1. The van der Waals surface area contributed by atoms with Gasteiger partial charge in [0.2, 0.25) is 0 Å². The molecule has 0 aliphatic carbocycles. The first-order valence-corrected chi connectivity index (χ1v) is 10.5. The largest absolute Gasteiger partial charge is 0.378 e. The lowest BCUT2D eigenvalue weighted by atomic mass is 10.1. The monoisotopic (exact) mass is 396 g/mol. The van der Waals surface area contributed by atoms with Gasteiger partial charge in [-0.25, -0.2) is 0 Å². The normalized spacial score (nSPS) is 22.7. The standard InChI is InChI=1S/C21H28N6O2/c1-24-8-9-27-19(15-24)22-23-20(27)18-6-3-7-26(18)21(28)16-4-2-5-17(14-16)25-10-12-29-13-11-25/h2,4-5,14,18H,3,6-13,15H2,1H3. The zero-order chi connectivity index (χ0) is 19.8. The lowest BCUT2D eigenvalue weighted by molar-refractivity contribution is 0.0725. The van der Waals surface area contributed by atoms with Gasteiger partial charge in [0.1, 0.15) is 5.82 Å². The molecule has 2 fully saturated rings. The maximum atomic E-state index is 13.4. The van der Waals surface area contributed by atoms with Crippen LogP contribution >= 0.6 is 0 Å². The summed E-state index contributed by atoms with van der Waals surface area (Å²) in [4.78, 5) is 20.0. The van der Waals surface area contributed by atoms with E-state index < -0.39 is 0 Å². The number of hydrogen-bond acceptors (Lipinski definition) is 6. The summed E-state index contributed by atoms with van der Waals surface area (Å²) in [6.07, 6.45) is 1.95. The Bertz CT molecular complexity index is 891. The van der Waals surface area contributed by atoms with Crippen molar-refractivity contribution in [3.63, 3.8) is 0 Å². The number of likely N-dealkylation sites (N-methyl/N-ethyl adjacent to an activating group) is 1. The van der Waals surface area contributed by atoms with Gasteiger partial charge in [0.25, 0.3) is 5.91 Å². The number of carbonyl (C=O) groups is 1. The van der Waals surface area contributed by atoms with E-state index in [1.807, 2.05) is 23.1 Å². The van der Waals surface area contributed by atoms with Crippen molar-refractivity contribution in [1.82, 2.24) is 24.6 Å². The molecule has 0 N–H and O–H groups in total. The fraction of sp³-hybridized carbons (Fsp3) is 0.571. The Balaban J connectivity index is 1.38. The second-order valence-corrected chi connectivity index (χ2v) is 8.17. The first-order chi connectivity index (χ1) is 14.2. The number of rotatable bonds is 3. The van der Waals surface area contributed by atoms with Gasteiger partial charge in [-0.3, -0.25) is 9.69 Å². The van der Waals surface area contributed by atoms with Crippen LogP contribution in [0.15, 0.2) is 24.3 Å². The van der Waals surface area contributed by atoms with E-state index in [1.165, 1.54) is 0 Å². The van der Waals surface area contributed by atoms with Gasteiger partial charge >= 0.3 is 0 Å². The van der Waals surface area contributed by atoms with E-state index in [0.29, 0.717) is 0 Å². The number of amides is 1. The predicted octanol–water partition coefficient (Wildman–Crippen LogP) is 1.54. The molecule has 0 spiro atoms. The van der Waals surface area contributed by atoms with Crippen LogP contribution in [0, 0.1) is 0 Å². The molecule has 4 heterocycles. The zero-order valence-electron chi connectivity index (χ0n) is 17.0. The summed E-state index contributed by atoms with van der Waals surface area (Å²) in [7, 11) is 2.10. The van der Waals surface area contributed by atoms with Gasteiger partial charge in [-0.15, -0.1) is 10.2 Å². The second-order valence-electron chi connectivity index (χ2n) is 8.17. The smallest absolute Gasteiger partial charge is 0.254 e. The number of carbonyl (C=O) groups excluding carboxylic acids is 1. The van der Waals surface area contributed by atoms with Crippen molar-refractivity contribution in [3.8, 4) is 0 Å². The number of ether oxygens (including phenoxy) is 1. The molecular formula is C21H28N6O2. The number of anilines is 1. The van der Waals surface area contributed by atoms with Crippen molar-refractivity contribution >= 4 is 11.6 Å². The average Bonchev–Trinajstić information content (AvgIpc) is 3.40. The summed E-state index contributed by atoms with van der Waals surface area (Å²) in [5.41, 5.74) is 1.84. The van der Waals surface area contributed by atoms with Crippen LogP contribution in [0.5, 0.6) is 0 Å². The number of likely N-dealkylation sites (tertiary alicyclic amines) is 1. The van der Waals surface area contributed by atoms with E-state index in [9.17, 15) is 4.79 Å². The minimum absolute atomic E-state index is 0.0131. The summed E-state index contributed by atoms with van der Waals surface area (Å²) < 4.78 is 7.68. The van der Waals surface area contributed by atoms with E-state index in [1.54, 1.807) is 0 Å². The van der Waals surface area contributed by atoms with E-state index in [-0.39, 0.29) is 11.9 Å². The van der Waals surface area contributed by atoms with E-state index in [0.717, 1.165) is 88.2 Å². The third-order valence-corrected chi connectivity index (χ3v) is 6.25. The second kappa shape index (κ2) is 7.76. The molecular weight excluding hydrogens is 368 g/mol. The van der Waals surface area contributed by atoms with Gasteiger partial charge < -0.3 is 19.1 Å². The third kappa shape index (κ3) is 3.51. The minimum Gasteiger partial charge on any atom is -0.378 e. The number of morpholine rings is 1. The molecule has 3 aliphatic heterocycles. The number of nitrogens with zero attached hydrogens (tertiary/aromatic N) is 6.